The van der Waals surface area contributed by atoms with E-state index in [9.17, 15) is 9.59 Å². The predicted octanol–water partition coefficient (Wildman–Crippen LogP) is 1.85. The molecule has 1 aliphatic heterocycles. The number of aromatic nitrogens is 1. The molecule has 0 aliphatic carbocycles. The largest absolute Gasteiger partial charge is 0.467 e. The van der Waals surface area contributed by atoms with Crippen LogP contribution in [-0.4, -0.2) is 41.0 Å². The van der Waals surface area contributed by atoms with Gasteiger partial charge in [-0.3, -0.25) is 4.79 Å². The third-order valence-electron chi connectivity index (χ3n) is 3.43. The normalized spacial score (nSPS) is 19.3. The summed E-state index contributed by atoms with van der Waals surface area (Å²) in [6, 6.07) is 1.13. The fourth-order valence-electron chi connectivity index (χ4n) is 2.44. The molecule has 1 saturated heterocycles. The summed E-state index contributed by atoms with van der Waals surface area (Å²) in [6.45, 7) is 0.571. The number of amides is 1. The van der Waals surface area contributed by atoms with Crippen molar-refractivity contribution < 1.29 is 14.3 Å². The molecule has 0 aromatic carbocycles. The van der Waals surface area contributed by atoms with Gasteiger partial charge in [-0.25, -0.2) is 4.79 Å². The Morgan fingerprint density at radius 3 is 2.74 bits per heavy atom. The lowest BCUT2D eigenvalue weighted by Crippen LogP contribution is -2.48. The van der Waals surface area contributed by atoms with E-state index in [1.807, 2.05) is 0 Å². The first-order valence-electron chi connectivity index (χ1n) is 6.25. The van der Waals surface area contributed by atoms with E-state index in [4.69, 9.17) is 16.3 Å². The average molecular weight is 285 g/mol. The standard InChI is InChI=1S/C13H17ClN2O3/c1-15-8-9(14)7-11(15)12(17)16-6-4-3-5-10(16)13(18)19-2/h7-8,10H,3-6H2,1-2H3. The second-order valence-electron chi connectivity index (χ2n) is 4.69. The number of halogens is 1. The van der Waals surface area contributed by atoms with E-state index in [2.05, 4.69) is 0 Å². The third kappa shape index (κ3) is 2.76. The number of carbonyl (C=O) groups is 2. The number of aryl methyl sites for hydroxylation is 1. The molecule has 0 bridgehead atoms. The Hall–Kier alpha value is -1.49. The van der Waals surface area contributed by atoms with Crippen LogP contribution < -0.4 is 0 Å². The monoisotopic (exact) mass is 284 g/mol. The van der Waals surface area contributed by atoms with E-state index < -0.39 is 6.04 Å². The smallest absolute Gasteiger partial charge is 0.328 e. The Balaban J connectivity index is 2.25. The van der Waals surface area contributed by atoms with Gasteiger partial charge in [-0.1, -0.05) is 11.6 Å². The van der Waals surface area contributed by atoms with Crippen LogP contribution >= 0.6 is 11.6 Å². The topological polar surface area (TPSA) is 51.5 Å². The fourth-order valence-corrected chi connectivity index (χ4v) is 2.69. The summed E-state index contributed by atoms with van der Waals surface area (Å²) in [7, 11) is 3.11. The molecule has 19 heavy (non-hydrogen) atoms. The van der Waals surface area contributed by atoms with Gasteiger partial charge in [-0.05, 0) is 25.3 Å². The minimum Gasteiger partial charge on any atom is -0.467 e. The number of likely N-dealkylation sites (tertiary alicyclic amines) is 1. The molecule has 104 valence electrons. The lowest BCUT2D eigenvalue weighted by molar-refractivity contribution is -0.147. The van der Waals surface area contributed by atoms with Crippen molar-refractivity contribution in [2.75, 3.05) is 13.7 Å². The van der Waals surface area contributed by atoms with E-state index in [-0.39, 0.29) is 11.9 Å². The maximum atomic E-state index is 12.5. The highest BCUT2D eigenvalue weighted by Crippen LogP contribution is 2.22. The van der Waals surface area contributed by atoms with Crippen molar-refractivity contribution in [1.29, 1.82) is 0 Å². The van der Waals surface area contributed by atoms with Crippen LogP contribution in [0.4, 0.5) is 0 Å². The summed E-state index contributed by atoms with van der Waals surface area (Å²) in [5, 5.41) is 0.512. The zero-order chi connectivity index (χ0) is 14.0. The number of methoxy groups -OCH3 is 1. The highest BCUT2D eigenvalue weighted by molar-refractivity contribution is 6.31. The number of piperidine rings is 1. The van der Waals surface area contributed by atoms with Crippen LogP contribution in [-0.2, 0) is 16.6 Å². The zero-order valence-corrected chi connectivity index (χ0v) is 11.8. The minimum absolute atomic E-state index is 0.176. The number of hydrogen-bond acceptors (Lipinski definition) is 3. The molecule has 0 N–H and O–H groups in total. The Labute approximate surface area is 117 Å². The minimum atomic E-state index is -0.486. The molecule has 2 heterocycles. The number of ether oxygens (including phenoxy) is 1. The van der Waals surface area contributed by atoms with Gasteiger partial charge >= 0.3 is 5.97 Å². The Bertz CT molecular complexity index is 498. The van der Waals surface area contributed by atoms with Crippen molar-refractivity contribution in [3.8, 4) is 0 Å². The molecule has 2 rings (SSSR count). The number of nitrogens with zero attached hydrogens (tertiary/aromatic N) is 2. The molecule has 0 radical (unpaired) electrons. The molecule has 5 nitrogen and oxygen atoms in total. The van der Waals surface area contributed by atoms with Gasteiger partial charge in [0.25, 0.3) is 5.91 Å². The Morgan fingerprint density at radius 2 is 2.16 bits per heavy atom. The van der Waals surface area contributed by atoms with Crippen LogP contribution in [0.15, 0.2) is 12.3 Å². The first kappa shape index (κ1) is 13.9. The first-order valence-corrected chi connectivity index (χ1v) is 6.63. The molecular formula is C13H17ClN2O3. The molecule has 1 aromatic heterocycles. The predicted molar refractivity (Wildman–Crippen MR) is 71.1 cm³/mol. The first-order chi connectivity index (χ1) is 9.04. The summed E-state index contributed by atoms with van der Waals surface area (Å²) >= 11 is 5.89. The van der Waals surface area contributed by atoms with Gasteiger partial charge in [0, 0.05) is 19.8 Å². The van der Waals surface area contributed by atoms with Crippen molar-refractivity contribution in [3.63, 3.8) is 0 Å². The molecule has 1 aliphatic rings. The van der Waals surface area contributed by atoms with Crippen LogP contribution in [0, 0.1) is 0 Å². The lowest BCUT2D eigenvalue weighted by atomic mass is 10.0. The van der Waals surface area contributed by atoms with Crippen LogP contribution in [0.5, 0.6) is 0 Å². The number of carbonyl (C=O) groups excluding carboxylic acids is 2. The number of esters is 1. The molecular weight excluding hydrogens is 268 g/mol. The van der Waals surface area contributed by atoms with Gasteiger partial charge in [-0.2, -0.15) is 0 Å². The van der Waals surface area contributed by atoms with Gasteiger partial charge < -0.3 is 14.2 Å². The molecule has 6 heteroatoms. The zero-order valence-electron chi connectivity index (χ0n) is 11.1. The van der Waals surface area contributed by atoms with Crippen molar-refractivity contribution in [2.24, 2.45) is 7.05 Å². The lowest BCUT2D eigenvalue weighted by Gasteiger charge is -2.33. The Morgan fingerprint density at radius 1 is 1.42 bits per heavy atom. The van der Waals surface area contributed by atoms with E-state index in [1.165, 1.54) is 7.11 Å². The third-order valence-corrected chi connectivity index (χ3v) is 3.63. The second kappa shape index (κ2) is 5.65. The maximum absolute atomic E-state index is 12.5. The SMILES string of the molecule is COC(=O)C1CCCCN1C(=O)c1cc(Cl)cn1C. The van der Waals surface area contributed by atoms with Gasteiger partial charge in [0.05, 0.1) is 12.1 Å². The molecule has 1 atom stereocenters. The molecule has 0 saturated carbocycles. The summed E-state index contributed by atoms with van der Waals surface area (Å²) in [4.78, 5) is 25.8. The average Bonchev–Trinajstić information content (AvgIpc) is 2.76. The molecule has 1 amide bonds. The van der Waals surface area contributed by atoms with E-state index >= 15 is 0 Å². The number of hydrogen-bond donors (Lipinski definition) is 0. The van der Waals surface area contributed by atoms with Gasteiger partial charge in [-0.15, -0.1) is 0 Å². The van der Waals surface area contributed by atoms with Crippen molar-refractivity contribution in [2.45, 2.75) is 25.3 Å². The Kier molecular flexibility index (Phi) is 4.14. The molecule has 0 spiro atoms. The summed E-state index contributed by atoms with van der Waals surface area (Å²) in [6.07, 6.45) is 4.15. The maximum Gasteiger partial charge on any atom is 0.328 e. The van der Waals surface area contributed by atoms with Crippen LogP contribution in [0.1, 0.15) is 29.8 Å². The van der Waals surface area contributed by atoms with Crippen LogP contribution in [0.3, 0.4) is 0 Å². The van der Waals surface area contributed by atoms with Crippen molar-refractivity contribution >= 4 is 23.5 Å². The molecule has 1 fully saturated rings. The number of rotatable bonds is 2. The quantitative estimate of drug-likeness (QED) is 0.779. The summed E-state index contributed by atoms with van der Waals surface area (Å²) < 4.78 is 6.45. The van der Waals surface area contributed by atoms with Crippen LogP contribution in [0.2, 0.25) is 5.02 Å². The molecule has 1 unspecified atom stereocenters. The van der Waals surface area contributed by atoms with Gasteiger partial charge in [0.2, 0.25) is 0 Å². The molecule has 1 aromatic rings. The van der Waals surface area contributed by atoms with E-state index in [1.54, 1.807) is 28.8 Å². The fraction of sp³-hybridized carbons (Fsp3) is 0.538. The van der Waals surface area contributed by atoms with Crippen LogP contribution in [0.25, 0.3) is 0 Å². The highest BCUT2D eigenvalue weighted by atomic mass is 35.5. The summed E-state index contributed by atoms with van der Waals surface area (Å²) in [5.74, 6) is -0.530. The highest BCUT2D eigenvalue weighted by Gasteiger charge is 2.34. The second-order valence-corrected chi connectivity index (χ2v) is 5.12. The van der Waals surface area contributed by atoms with E-state index in [0.29, 0.717) is 23.7 Å². The summed E-state index contributed by atoms with van der Waals surface area (Å²) in [5.41, 5.74) is 0.487. The van der Waals surface area contributed by atoms with E-state index in [0.717, 1.165) is 12.8 Å². The van der Waals surface area contributed by atoms with Crippen molar-refractivity contribution in [1.82, 2.24) is 9.47 Å². The van der Waals surface area contributed by atoms with Gasteiger partial charge in [0.1, 0.15) is 11.7 Å². The van der Waals surface area contributed by atoms with Crippen molar-refractivity contribution in [3.05, 3.63) is 23.0 Å². The van der Waals surface area contributed by atoms with Gasteiger partial charge in [0.15, 0.2) is 0 Å².